The number of hydrogen-bond donors (Lipinski definition) is 1. The fourth-order valence-corrected chi connectivity index (χ4v) is 3.65. The summed E-state index contributed by atoms with van der Waals surface area (Å²) in [6, 6.07) is 14.3. The van der Waals surface area contributed by atoms with E-state index in [4.69, 9.17) is 0 Å². The molecule has 0 bridgehead atoms. The predicted molar refractivity (Wildman–Crippen MR) is 103 cm³/mol. The van der Waals surface area contributed by atoms with Gasteiger partial charge in [-0.15, -0.1) is 0 Å². The molecule has 5 heteroatoms. The van der Waals surface area contributed by atoms with E-state index in [1.807, 2.05) is 38.1 Å². The summed E-state index contributed by atoms with van der Waals surface area (Å²) in [5.74, 6) is 0.269. The highest BCUT2D eigenvalue weighted by Crippen LogP contribution is 2.33. The van der Waals surface area contributed by atoms with Crippen LogP contribution >= 0.6 is 0 Å². The normalized spacial score (nSPS) is 16.1. The number of halogens is 1. The summed E-state index contributed by atoms with van der Waals surface area (Å²) in [6.07, 6.45) is 1.03. The van der Waals surface area contributed by atoms with Gasteiger partial charge in [0.2, 0.25) is 5.95 Å². The number of aryl methyl sites for hydroxylation is 2. The van der Waals surface area contributed by atoms with Crippen LogP contribution in [0.3, 0.4) is 0 Å². The summed E-state index contributed by atoms with van der Waals surface area (Å²) in [7, 11) is 0. The first-order valence-electron chi connectivity index (χ1n) is 8.99. The van der Waals surface area contributed by atoms with Crippen LogP contribution < -0.4 is 5.32 Å². The second kappa shape index (κ2) is 6.91. The fourth-order valence-electron chi connectivity index (χ4n) is 3.65. The molecule has 1 atom stereocenters. The maximum atomic E-state index is 13.2. The molecule has 136 valence electrons. The number of nitrogens with zero attached hydrogens (tertiary/aromatic N) is 2. The first-order chi connectivity index (χ1) is 13.0. The van der Waals surface area contributed by atoms with Crippen molar-refractivity contribution in [2.45, 2.75) is 32.6 Å². The van der Waals surface area contributed by atoms with Gasteiger partial charge in [-0.05, 0) is 61.6 Å². The van der Waals surface area contributed by atoms with Crippen LogP contribution in [0.1, 0.15) is 45.2 Å². The molecule has 0 saturated heterocycles. The number of carbonyl (C=O) groups is 1. The molecule has 0 fully saturated rings. The molecular formula is C22H20FN3O. The average molecular weight is 361 g/mol. The number of rotatable bonds is 3. The van der Waals surface area contributed by atoms with Gasteiger partial charge in [0.05, 0.1) is 17.0 Å². The van der Waals surface area contributed by atoms with Crippen LogP contribution in [0.25, 0.3) is 0 Å². The third-order valence-corrected chi connectivity index (χ3v) is 4.93. The summed E-state index contributed by atoms with van der Waals surface area (Å²) in [4.78, 5) is 21.8. The van der Waals surface area contributed by atoms with E-state index < -0.39 is 0 Å². The van der Waals surface area contributed by atoms with Crippen LogP contribution in [0.15, 0.2) is 48.5 Å². The van der Waals surface area contributed by atoms with Crippen LogP contribution in [-0.4, -0.2) is 15.8 Å². The van der Waals surface area contributed by atoms with Crippen LogP contribution in [0.5, 0.6) is 0 Å². The fraction of sp³-hybridized carbons (Fsp3) is 0.227. The van der Waals surface area contributed by atoms with E-state index in [1.165, 1.54) is 12.1 Å². The Morgan fingerprint density at radius 3 is 2.56 bits per heavy atom. The summed E-state index contributed by atoms with van der Waals surface area (Å²) >= 11 is 0. The molecule has 0 radical (unpaired) electrons. The number of anilines is 2. The Bertz CT molecular complexity index is 1010. The molecule has 4 nitrogen and oxygen atoms in total. The Morgan fingerprint density at radius 2 is 1.81 bits per heavy atom. The molecule has 2 aromatic carbocycles. The maximum Gasteiger partial charge on any atom is 0.227 e. The number of carbonyl (C=O) groups excluding carboxylic acids is 1. The van der Waals surface area contributed by atoms with Gasteiger partial charge in [-0.25, -0.2) is 14.4 Å². The van der Waals surface area contributed by atoms with E-state index in [-0.39, 0.29) is 17.5 Å². The quantitative estimate of drug-likeness (QED) is 0.722. The SMILES string of the molecule is Cc1cccc(Nc2nc(C)c3c(n2)CC(c2ccc(F)cc2)CC3=O)c1. The first kappa shape index (κ1) is 17.3. The molecule has 1 aromatic heterocycles. The molecule has 27 heavy (non-hydrogen) atoms. The van der Waals surface area contributed by atoms with Gasteiger partial charge in [0.25, 0.3) is 0 Å². The minimum atomic E-state index is -0.274. The topological polar surface area (TPSA) is 54.9 Å². The standard InChI is InChI=1S/C22H20FN3O/c1-13-4-3-5-18(10-13)25-22-24-14(2)21-19(26-22)11-16(12-20(21)27)15-6-8-17(23)9-7-15/h3-10,16H,11-12H2,1-2H3,(H,24,25,26). The lowest BCUT2D eigenvalue weighted by Crippen LogP contribution is -2.22. The summed E-state index contributed by atoms with van der Waals surface area (Å²) in [5, 5.41) is 3.23. The molecule has 4 rings (SSSR count). The number of ketones is 1. The van der Waals surface area contributed by atoms with Gasteiger partial charge < -0.3 is 5.32 Å². The Balaban J connectivity index is 1.66. The molecule has 1 N–H and O–H groups in total. The zero-order valence-electron chi connectivity index (χ0n) is 15.3. The van der Waals surface area contributed by atoms with Crippen molar-refractivity contribution in [3.05, 3.63) is 82.4 Å². The first-order valence-corrected chi connectivity index (χ1v) is 8.99. The zero-order valence-corrected chi connectivity index (χ0v) is 15.3. The Kier molecular flexibility index (Phi) is 4.44. The van der Waals surface area contributed by atoms with Crippen molar-refractivity contribution in [3.63, 3.8) is 0 Å². The van der Waals surface area contributed by atoms with E-state index in [2.05, 4.69) is 15.3 Å². The highest BCUT2D eigenvalue weighted by Gasteiger charge is 2.29. The van der Waals surface area contributed by atoms with Crippen molar-refractivity contribution in [2.24, 2.45) is 0 Å². The summed E-state index contributed by atoms with van der Waals surface area (Å²) < 4.78 is 13.2. The Labute approximate surface area is 157 Å². The average Bonchev–Trinajstić information content (AvgIpc) is 2.61. The number of aromatic nitrogens is 2. The minimum Gasteiger partial charge on any atom is -0.324 e. The van der Waals surface area contributed by atoms with Crippen molar-refractivity contribution in [3.8, 4) is 0 Å². The van der Waals surface area contributed by atoms with Gasteiger partial charge in [0, 0.05) is 12.1 Å². The van der Waals surface area contributed by atoms with Crippen LogP contribution in [0.2, 0.25) is 0 Å². The molecule has 1 heterocycles. The van der Waals surface area contributed by atoms with Gasteiger partial charge >= 0.3 is 0 Å². The molecule has 0 amide bonds. The lowest BCUT2D eigenvalue weighted by Gasteiger charge is -2.24. The molecule has 1 unspecified atom stereocenters. The van der Waals surface area contributed by atoms with E-state index in [1.54, 1.807) is 12.1 Å². The molecule has 1 aliphatic rings. The number of hydrogen-bond acceptors (Lipinski definition) is 4. The molecule has 1 aliphatic carbocycles. The lowest BCUT2D eigenvalue weighted by molar-refractivity contribution is 0.0962. The van der Waals surface area contributed by atoms with E-state index in [0.29, 0.717) is 30.0 Å². The number of nitrogens with one attached hydrogen (secondary N) is 1. The number of benzene rings is 2. The van der Waals surface area contributed by atoms with E-state index in [0.717, 1.165) is 22.5 Å². The maximum absolute atomic E-state index is 13.2. The van der Waals surface area contributed by atoms with Gasteiger partial charge in [0.15, 0.2) is 5.78 Å². The van der Waals surface area contributed by atoms with Crippen LogP contribution in [0, 0.1) is 19.7 Å². The second-order valence-electron chi connectivity index (χ2n) is 7.03. The van der Waals surface area contributed by atoms with Crippen LogP contribution in [-0.2, 0) is 6.42 Å². The lowest BCUT2D eigenvalue weighted by atomic mass is 9.81. The van der Waals surface area contributed by atoms with Crippen molar-refractivity contribution in [1.29, 1.82) is 0 Å². The van der Waals surface area contributed by atoms with Gasteiger partial charge in [-0.3, -0.25) is 4.79 Å². The zero-order chi connectivity index (χ0) is 19.0. The van der Waals surface area contributed by atoms with Crippen molar-refractivity contribution < 1.29 is 9.18 Å². The number of fused-ring (bicyclic) bond motifs is 1. The summed E-state index contributed by atoms with van der Waals surface area (Å²) in [5.41, 5.74) is 5.08. The highest BCUT2D eigenvalue weighted by atomic mass is 19.1. The Hall–Kier alpha value is -3.08. The Morgan fingerprint density at radius 1 is 1.04 bits per heavy atom. The molecule has 0 aliphatic heterocycles. The van der Waals surface area contributed by atoms with Gasteiger partial charge in [0.1, 0.15) is 5.82 Å². The van der Waals surface area contributed by atoms with Crippen molar-refractivity contribution >= 4 is 17.4 Å². The summed E-state index contributed by atoms with van der Waals surface area (Å²) in [6.45, 7) is 3.87. The monoisotopic (exact) mass is 361 g/mol. The predicted octanol–water partition coefficient (Wildman–Crippen LogP) is 4.89. The molecular weight excluding hydrogens is 341 g/mol. The molecule has 0 spiro atoms. The number of Topliss-reactive ketones (excluding diaryl/α,β-unsaturated/α-hetero) is 1. The highest BCUT2D eigenvalue weighted by molar-refractivity contribution is 5.99. The largest absolute Gasteiger partial charge is 0.324 e. The van der Waals surface area contributed by atoms with Gasteiger partial charge in [-0.1, -0.05) is 24.3 Å². The van der Waals surface area contributed by atoms with E-state index in [9.17, 15) is 9.18 Å². The second-order valence-corrected chi connectivity index (χ2v) is 7.03. The third-order valence-electron chi connectivity index (χ3n) is 4.93. The van der Waals surface area contributed by atoms with Crippen molar-refractivity contribution in [1.82, 2.24) is 9.97 Å². The smallest absolute Gasteiger partial charge is 0.227 e. The molecule has 3 aromatic rings. The third kappa shape index (κ3) is 3.58. The molecule has 0 saturated carbocycles. The minimum absolute atomic E-state index is 0.00622. The van der Waals surface area contributed by atoms with Gasteiger partial charge in [-0.2, -0.15) is 0 Å². The van der Waals surface area contributed by atoms with Crippen molar-refractivity contribution in [2.75, 3.05) is 5.32 Å². The van der Waals surface area contributed by atoms with E-state index >= 15 is 0 Å². The van der Waals surface area contributed by atoms with Crippen LogP contribution in [0.4, 0.5) is 16.0 Å².